The molecule has 21 heavy (non-hydrogen) atoms. The van der Waals surface area contributed by atoms with Crippen LogP contribution in [0.3, 0.4) is 0 Å². The number of rotatable bonds is 6. The summed E-state index contributed by atoms with van der Waals surface area (Å²) in [5.74, 6) is -0.155. The van der Waals surface area contributed by atoms with Crippen LogP contribution < -0.4 is 5.32 Å². The van der Waals surface area contributed by atoms with E-state index < -0.39 is 0 Å². The Morgan fingerprint density at radius 1 is 1.24 bits per heavy atom. The Morgan fingerprint density at radius 2 is 2.00 bits per heavy atom. The molecule has 1 N–H and O–H groups in total. The van der Waals surface area contributed by atoms with Crippen LogP contribution in [0.4, 0.5) is 4.39 Å². The predicted molar refractivity (Wildman–Crippen MR) is 95.3 cm³/mol. The van der Waals surface area contributed by atoms with Gasteiger partial charge in [-0.25, -0.2) is 4.39 Å². The predicted octanol–water partition coefficient (Wildman–Crippen LogP) is 5.37. The Labute approximate surface area is 144 Å². The average molecular weight is 418 g/mol. The quantitative estimate of drug-likeness (QED) is 0.623. The summed E-state index contributed by atoms with van der Waals surface area (Å²) in [7, 11) is 0. The topological polar surface area (TPSA) is 12.0 Å². The molecule has 0 radical (unpaired) electrons. The minimum absolute atomic E-state index is 0.0661. The molecule has 1 unspecified atom stereocenters. The number of benzene rings is 2. The van der Waals surface area contributed by atoms with E-state index in [1.165, 1.54) is 6.07 Å². The molecule has 0 aromatic heterocycles. The minimum Gasteiger partial charge on any atom is -0.310 e. The smallest absolute Gasteiger partial charge is 0.126 e. The maximum atomic E-state index is 13.9. The van der Waals surface area contributed by atoms with Crippen molar-refractivity contribution in [2.75, 3.05) is 6.54 Å². The first-order chi connectivity index (χ1) is 10.1. The molecule has 1 atom stereocenters. The minimum atomic E-state index is -0.155. The van der Waals surface area contributed by atoms with Crippen molar-refractivity contribution < 1.29 is 4.39 Å². The van der Waals surface area contributed by atoms with E-state index in [0.29, 0.717) is 6.42 Å². The zero-order valence-corrected chi connectivity index (χ0v) is 14.8. The summed E-state index contributed by atoms with van der Waals surface area (Å²) in [4.78, 5) is 0. The molecule has 0 saturated heterocycles. The Hall–Kier alpha value is -0.650. The van der Waals surface area contributed by atoms with Gasteiger partial charge in [0.2, 0.25) is 0 Å². The summed E-state index contributed by atoms with van der Waals surface area (Å²) in [5.41, 5.74) is 1.82. The summed E-state index contributed by atoms with van der Waals surface area (Å²) in [5, 5.41) is 4.22. The monoisotopic (exact) mass is 417 g/mol. The molecule has 1 nitrogen and oxygen atoms in total. The Kier molecular flexibility index (Phi) is 6.45. The van der Waals surface area contributed by atoms with E-state index >= 15 is 0 Å². The molecule has 0 amide bonds. The maximum absolute atomic E-state index is 13.9. The molecular weight excluding hydrogens is 400 g/mol. The van der Waals surface area contributed by atoms with Crippen molar-refractivity contribution in [3.05, 3.63) is 68.0 Å². The summed E-state index contributed by atoms with van der Waals surface area (Å²) >= 11 is 8.43. The van der Waals surface area contributed by atoms with E-state index in [-0.39, 0.29) is 11.9 Å². The molecule has 0 fully saturated rings. The van der Waals surface area contributed by atoms with Gasteiger partial charge >= 0.3 is 0 Å². The van der Waals surface area contributed by atoms with E-state index in [9.17, 15) is 4.39 Å². The van der Waals surface area contributed by atoms with Gasteiger partial charge in [-0.1, -0.05) is 42.8 Å². The highest BCUT2D eigenvalue weighted by Crippen LogP contribution is 2.26. The van der Waals surface area contributed by atoms with E-state index in [1.54, 1.807) is 6.07 Å². The fraction of sp³-hybridized carbons (Fsp3) is 0.294. The van der Waals surface area contributed by atoms with Crippen LogP contribution >= 0.6 is 34.2 Å². The molecule has 2 aromatic carbocycles. The van der Waals surface area contributed by atoms with Crippen molar-refractivity contribution in [1.29, 1.82) is 0 Å². The van der Waals surface area contributed by atoms with Gasteiger partial charge in [0.1, 0.15) is 5.82 Å². The molecule has 0 saturated carbocycles. The fourth-order valence-corrected chi connectivity index (χ4v) is 2.76. The number of nitrogens with one attached hydrogen (secondary N) is 1. The lowest BCUT2D eigenvalue weighted by atomic mass is 9.98. The zero-order chi connectivity index (χ0) is 15.2. The van der Waals surface area contributed by atoms with Crippen molar-refractivity contribution >= 4 is 34.2 Å². The van der Waals surface area contributed by atoms with Gasteiger partial charge in [-0.05, 0) is 71.3 Å². The molecule has 0 aliphatic heterocycles. The van der Waals surface area contributed by atoms with E-state index in [4.69, 9.17) is 11.6 Å². The second-order valence-electron chi connectivity index (χ2n) is 4.98. The first kappa shape index (κ1) is 16.7. The summed E-state index contributed by atoms with van der Waals surface area (Å²) < 4.78 is 14.9. The molecule has 0 heterocycles. The normalized spacial score (nSPS) is 12.4. The van der Waals surface area contributed by atoms with Crippen LogP contribution in [0.25, 0.3) is 0 Å². The van der Waals surface area contributed by atoms with Crippen LogP contribution in [0.2, 0.25) is 5.02 Å². The van der Waals surface area contributed by atoms with Crippen LogP contribution in [-0.4, -0.2) is 6.54 Å². The van der Waals surface area contributed by atoms with Crippen molar-refractivity contribution in [2.45, 2.75) is 25.8 Å². The van der Waals surface area contributed by atoms with Gasteiger partial charge in [-0.3, -0.25) is 0 Å². The van der Waals surface area contributed by atoms with Gasteiger partial charge in [0.15, 0.2) is 0 Å². The summed E-state index contributed by atoms with van der Waals surface area (Å²) in [6.07, 6.45) is 1.65. The molecule has 2 rings (SSSR count). The third kappa shape index (κ3) is 4.66. The van der Waals surface area contributed by atoms with Gasteiger partial charge < -0.3 is 5.32 Å². The average Bonchev–Trinajstić information content (AvgIpc) is 2.48. The molecule has 2 aromatic rings. The molecule has 4 heteroatoms. The van der Waals surface area contributed by atoms with Crippen LogP contribution in [0.5, 0.6) is 0 Å². The summed E-state index contributed by atoms with van der Waals surface area (Å²) in [6, 6.07) is 13.0. The number of hydrogen-bond donors (Lipinski definition) is 1. The Balaban J connectivity index is 2.25. The molecular formula is C17H18ClFIN. The van der Waals surface area contributed by atoms with Crippen LogP contribution in [-0.2, 0) is 6.42 Å². The van der Waals surface area contributed by atoms with Gasteiger partial charge in [0.05, 0.1) is 5.02 Å². The standard InChI is InChI=1S/C17H18ClFIN/c1-2-9-21-17(11-12-5-3-4-6-15(12)19)13-7-8-16(20)14(18)10-13/h3-8,10,17,21H,2,9,11H2,1H3. The lowest BCUT2D eigenvalue weighted by molar-refractivity contribution is 0.513. The van der Waals surface area contributed by atoms with Crippen LogP contribution in [0, 0.1) is 9.39 Å². The van der Waals surface area contributed by atoms with E-state index in [2.05, 4.69) is 40.9 Å². The van der Waals surface area contributed by atoms with Gasteiger partial charge in [-0.15, -0.1) is 0 Å². The third-order valence-corrected chi connectivity index (χ3v) is 4.94. The highest BCUT2D eigenvalue weighted by molar-refractivity contribution is 14.1. The molecule has 0 aliphatic carbocycles. The highest BCUT2D eigenvalue weighted by Gasteiger charge is 2.14. The number of hydrogen-bond acceptors (Lipinski definition) is 1. The van der Waals surface area contributed by atoms with Crippen LogP contribution in [0.15, 0.2) is 42.5 Å². The largest absolute Gasteiger partial charge is 0.310 e. The lowest BCUT2D eigenvalue weighted by Crippen LogP contribution is -2.24. The summed E-state index contributed by atoms with van der Waals surface area (Å²) in [6.45, 7) is 3.01. The Bertz CT molecular complexity index is 603. The fourth-order valence-electron chi connectivity index (χ4n) is 2.24. The lowest BCUT2D eigenvalue weighted by Gasteiger charge is -2.20. The van der Waals surface area contributed by atoms with Gasteiger partial charge in [0.25, 0.3) is 0 Å². The van der Waals surface area contributed by atoms with Crippen molar-refractivity contribution in [2.24, 2.45) is 0 Å². The zero-order valence-electron chi connectivity index (χ0n) is 11.9. The molecule has 0 bridgehead atoms. The maximum Gasteiger partial charge on any atom is 0.126 e. The van der Waals surface area contributed by atoms with E-state index in [1.807, 2.05) is 24.3 Å². The first-order valence-electron chi connectivity index (χ1n) is 7.03. The first-order valence-corrected chi connectivity index (χ1v) is 8.49. The SMILES string of the molecule is CCCNC(Cc1ccccc1F)c1ccc(I)c(Cl)c1. The Morgan fingerprint density at radius 3 is 2.67 bits per heavy atom. The van der Waals surface area contributed by atoms with Gasteiger partial charge in [-0.2, -0.15) is 0 Å². The number of halogens is 3. The van der Waals surface area contributed by atoms with Gasteiger partial charge in [0, 0.05) is 9.61 Å². The van der Waals surface area contributed by atoms with Crippen molar-refractivity contribution in [3.63, 3.8) is 0 Å². The van der Waals surface area contributed by atoms with E-state index in [0.717, 1.165) is 32.7 Å². The molecule has 0 aliphatic rings. The molecule has 0 spiro atoms. The molecule has 112 valence electrons. The highest BCUT2D eigenvalue weighted by atomic mass is 127. The second-order valence-corrected chi connectivity index (χ2v) is 6.55. The second kappa shape index (κ2) is 8.11. The van der Waals surface area contributed by atoms with Crippen LogP contribution in [0.1, 0.15) is 30.5 Å². The third-order valence-electron chi connectivity index (χ3n) is 3.37. The van der Waals surface area contributed by atoms with Crippen molar-refractivity contribution in [1.82, 2.24) is 5.32 Å². The van der Waals surface area contributed by atoms with Crippen molar-refractivity contribution in [3.8, 4) is 0 Å².